The second-order valence-electron chi connectivity index (χ2n) is 3.09. The first kappa shape index (κ1) is 10.8. The number of hydrogen-bond acceptors (Lipinski definition) is 4. The molecule has 4 nitrogen and oxygen atoms in total. The summed E-state index contributed by atoms with van der Waals surface area (Å²) in [4.78, 5) is 7.83. The van der Waals surface area contributed by atoms with E-state index >= 15 is 0 Å². The molecular formula is C10H8BrFN4. The topological polar surface area (TPSA) is 63.8 Å². The van der Waals surface area contributed by atoms with Gasteiger partial charge in [-0.2, -0.15) is 0 Å². The Labute approximate surface area is 99.9 Å². The first-order chi connectivity index (χ1) is 7.65. The predicted molar refractivity (Wildman–Crippen MR) is 63.8 cm³/mol. The van der Waals surface area contributed by atoms with Gasteiger partial charge in [-0.05, 0) is 18.2 Å². The molecule has 82 valence electrons. The number of benzene rings is 1. The molecule has 6 heteroatoms. The summed E-state index contributed by atoms with van der Waals surface area (Å²) in [6.45, 7) is 0. The van der Waals surface area contributed by atoms with Gasteiger partial charge in [-0.1, -0.05) is 15.9 Å². The average molecular weight is 283 g/mol. The number of nitrogens with one attached hydrogen (secondary N) is 1. The monoisotopic (exact) mass is 282 g/mol. The van der Waals surface area contributed by atoms with Crippen LogP contribution < -0.4 is 11.1 Å². The van der Waals surface area contributed by atoms with Crippen LogP contribution >= 0.6 is 15.9 Å². The number of nitrogen functional groups attached to an aromatic ring is 1. The molecular weight excluding hydrogens is 275 g/mol. The molecule has 0 spiro atoms. The highest BCUT2D eigenvalue weighted by Gasteiger charge is 2.04. The summed E-state index contributed by atoms with van der Waals surface area (Å²) >= 11 is 3.25. The number of nitrogens with zero attached hydrogens (tertiary/aromatic N) is 2. The summed E-state index contributed by atoms with van der Waals surface area (Å²) in [5.74, 6) is -0.0742. The summed E-state index contributed by atoms with van der Waals surface area (Å²) in [6, 6.07) is 4.57. The van der Waals surface area contributed by atoms with Crippen molar-refractivity contribution in [2.75, 3.05) is 11.1 Å². The molecule has 0 aliphatic rings. The van der Waals surface area contributed by atoms with Gasteiger partial charge in [0.15, 0.2) is 0 Å². The smallest absolute Gasteiger partial charge is 0.227 e. The molecule has 0 aliphatic carbocycles. The molecule has 3 N–H and O–H groups in total. The lowest BCUT2D eigenvalue weighted by molar-refractivity contribution is 0.631. The zero-order chi connectivity index (χ0) is 11.5. The van der Waals surface area contributed by atoms with Gasteiger partial charge in [0.2, 0.25) is 5.95 Å². The number of halogens is 2. The van der Waals surface area contributed by atoms with Crippen LogP contribution in [0.1, 0.15) is 0 Å². The Bertz CT molecular complexity index is 501. The van der Waals surface area contributed by atoms with Crippen LogP contribution in [0.15, 0.2) is 35.1 Å². The predicted octanol–water partition coefficient (Wildman–Crippen LogP) is 2.70. The van der Waals surface area contributed by atoms with E-state index in [-0.39, 0.29) is 5.82 Å². The lowest BCUT2D eigenvalue weighted by Gasteiger charge is -2.06. The van der Waals surface area contributed by atoms with Gasteiger partial charge in [-0.3, -0.25) is 0 Å². The summed E-state index contributed by atoms with van der Waals surface area (Å²) in [5, 5.41) is 2.76. The largest absolute Gasteiger partial charge is 0.396 e. The van der Waals surface area contributed by atoms with E-state index < -0.39 is 0 Å². The zero-order valence-electron chi connectivity index (χ0n) is 8.11. The molecule has 1 heterocycles. The Morgan fingerprint density at radius 2 is 1.94 bits per heavy atom. The molecule has 2 aromatic rings. The van der Waals surface area contributed by atoms with E-state index in [1.165, 1.54) is 18.5 Å². The Kier molecular flexibility index (Phi) is 3.00. The zero-order valence-corrected chi connectivity index (χ0v) is 9.70. The minimum absolute atomic E-state index is 0.297. The van der Waals surface area contributed by atoms with Crippen LogP contribution in [0.2, 0.25) is 0 Å². The molecule has 1 aromatic heterocycles. The number of anilines is 3. The molecule has 0 fully saturated rings. The van der Waals surface area contributed by atoms with Crippen LogP contribution in [-0.2, 0) is 0 Å². The first-order valence-electron chi connectivity index (χ1n) is 4.45. The highest BCUT2D eigenvalue weighted by molar-refractivity contribution is 9.10. The Morgan fingerprint density at radius 3 is 2.62 bits per heavy atom. The lowest BCUT2D eigenvalue weighted by atomic mass is 10.3. The van der Waals surface area contributed by atoms with Crippen LogP contribution in [0.25, 0.3) is 0 Å². The quantitative estimate of drug-likeness (QED) is 0.889. The molecule has 0 amide bonds. The molecule has 1 aromatic carbocycles. The van der Waals surface area contributed by atoms with E-state index in [2.05, 4.69) is 31.2 Å². The minimum Gasteiger partial charge on any atom is -0.396 e. The van der Waals surface area contributed by atoms with Crippen molar-refractivity contribution < 1.29 is 4.39 Å². The van der Waals surface area contributed by atoms with Gasteiger partial charge in [0, 0.05) is 4.47 Å². The highest BCUT2D eigenvalue weighted by Crippen LogP contribution is 2.22. The fraction of sp³-hybridized carbons (Fsp3) is 0. The third-order valence-electron chi connectivity index (χ3n) is 1.85. The van der Waals surface area contributed by atoms with E-state index in [9.17, 15) is 4.39 Å². The third kappa shape index (κ3) is 2.46. The lowest BCUT2D eigenvalue weighted by Crippen LogP contribution is -1.99. The SMILES string of the molecule is Nc1cnc(Nc2cc(Br)ccc2F)nc1. The summed E-state index contributed by atoms with van der Waals surface area (Å²) < 4.78 is 14.1. The van der Waals surface area contributed by atoms with Crippen LogP contribution in [0.4, 0.5) is 21.7 Å². The fourth-order valence-corrected chi connectivity index (χ4v) is 1.48. The molecule has 0 aliphatic heterocycles. The summed E-state index contributed by atoms with van der Waals surface area (Å²) in [7, 11) is 0. The second-order valence-corrected chi connectivity index (χ2v) is 4.00. The number of hydrogen-bond donors (Lipinski definition) is 2. The van der Waals surface area contributed by atoms with Crippen molar-refractivity contribution in [3.63, 3.8) is 0 Å². The average Bonchev–Trinajstić information content (AvgIpc) is 2.27. The van der Waals surface area contributed by atoms with Crippen molar-refractivity contribution in [3.8, 4) is 0 Å². The Hall–Kier alpha value is -1.69. The van der Waals surface area contributed by atoms with Crippen molar-refractivity contribution in [1.82, 2.24) is 9.97 Å². The standard InChI is InChI=1S/C10H8BrFN4/c11-6-1-2-8(12)9(3-6)16-10-14-4-7(13)5-15-10/h1-5H,13H2,(H,14,15,16). The minimum atomic E-state index is -0.372. The second kappa shape index (κ2) is 4.44. The van der Waals surface area contributed by atoms with Gasteiger partial charge in [0.05, 0.1) is 23.8 Å². The molecule has 0 atom stereocenters. The summed E-state index contributed by atoms with van der Waals surface area (Å²) in [5.41, 5.74) is 6.20. The van der Waals surface area contributed by atoms with Crippen molar-refractivity contribution in [2.24, 2.45) is 0 Å². The molecule has 0 saturated heterocycles. The highest BCUT2D eigenvalue weighted by atomic mass is 79.9. The maximum absolute atomic E-state index is 13.4. The molecule has 16 heavy (non-hydrogen) atoms. The van der Waals surface area contributed by atoms with Crippen molar-refractivity contribution in [1.29, 1.82) is 0 Å². The number of aromatic nitrogens is 2. The van der Waals surface area contributed by atoms with Crippen LogP contribution in [0, 0.1) is 5.82 Å². The van der Waals surface area contributed by atoms with E-state index in [1.807, 2.05) is 0 Å². The van der Waals surface area contributed by atoms with Gasteiger partial charge in [-0.25, -0.2) is 14.4 Å². The van der Waals surface area contributed by atoms with Crippen LogP contribution in [0.3, 0.4) is 0 Å². The van der Waals surface area contributed by atoms with Crippen LogP contribution in [0.5, 0.6) is 0 Å². The molecule has 0 radical (unpaired) electrons. The maximum atomic E-state index is 13.4. The van der Waals surface area contributed by atoms with Crippen molar-refractivity contribution in [3.05, 3.63) is 40.9 Å². The molecule has 0 unspecified atom stereocenters. The van der Waals surface area contributed by atoms with Crippen LogP contribution in [-0.4, -0.2) is 9.97 Å². The van der Waals surface area contributed by atoms with Crippen molar-refractivity contribution in [2.45, 2.75) is 0 Å². The number of rotatable bonds is 2. The summed E-state index contributed by atoms with van der Waals surface area (Å²) in [6.07, 6.45) is 2.90. The molecule has 0 saturated carbocycles. The van der Waals surface area contributed by atoms with Gasteiger partial charge in [-0.15, -0.1) is 0 Å². The number of nitrogens with two attached hydrogens (primary N) is 1. The van der Waals surface area contributed by atoms with E-state index in [0.29, 0.717) is 17.3 Å². The fourth-order valence-electron chi connectivity index (χ4n) is 1.12. The van der Waals surface area contributed by atoms with Gasteiger partial charge < -0.3 is 11.1 Å². The Balaban J connectivity index is 2.26. The van der Waals surface area contributed by atoms with Gasteiger partial charge in [0.1, 0.15) is 5.82 Å². The normalized spacial score (nSPS) is 10.1. The van der Waals surface area contributed by atoms with E-state index in [1.54, 1.807) is 12.1 Å². The molecule has 0 bridgehead atoms. The first-order valence-corrected chi connectivity index (χ1v) is 5.24. The van der Waals surface area contributed by atoms with E-state index in [4.69, 9.17) is 5.73 Å². The third-order valence-corrected chi connectivity index (χ3v) is 2.34. The maximum Gasteiger partial charge on any atom is 0.227 e. The van der Waals surface area contributed by atoms with Crippen molar-refractivity contribution >= 4 is 33.3 Å². The molecule has 2 rings (SSSR count). The Morgan fingerprint density at radius 1 is 1.25 bits per heavy atom. The van der Waals surface area contributed by atoms with E-state index in [0.717, 1.165) is 4.47 Å². The van der Waals surface area contributed by atoms with Gasteiger partial charge >= 0.3 is 0 Å². The van der Waals surface area contributed by atoms with Gasteiger partial charge in [0.25, 0.3) is 0 Å².